The first-order valence-corrected chi connectivity index (χ1v) is 7.69. The maximum absolute atomic E-state index is 11.6. The number of anilines is 2. The molecular formula is C16H18ClN3O3. The number of hydrogen-bond donors (Lipinski definition) is 1. The van der Waals surface area contributed by atoms with E-state index in [0.29, 0.717) is 18.2 Å². The van der Waals surface area contributed by atoms with Gasteiger partial charge in [-0.3, -0.25) is 0 Å². The van der Waals surface area contributed by atoms with E-state index in [4.69, 9.17) is 26.3 Å². The molecular weight excluding hydrogens is 318 g/mol. The van der Waals surface area contributed by atoms with Crippen LogP contribution in [-0.2, 0) is 14.3 Å². The minimum Gasteiger partial charge on any atom is -0.462 e. The third kappa shape index (κ3) is 4.62. The van der Waals surface area contributed by atoms with Crippen molar-refractivity contribution in [2.75, 3.05) is 43.1 Å². The normalized spacial score (nSPS) is 15.0. The Morgan fingerprint density at radius 1 is 1.52 bits per heavy atom. The molecule has 1 aromatic carbocycles. The van der Waals surface area contributed by atoms with Crippen LogP contribution in [-0.4, -0.2) is 38.9 Å². The Balaban J connectivity index is 2.22. The van der Waals surface area contributed by atoms with Crippen LogP contribution >= 0.6 is 11.6 Å². The van der Waals surface area contributed by atoms with Crippen molar-refractivity contribution in [1.82, 2.24) is 0 Å². The molecule has 0 atom stereocenters. The molecule has 1 aliphatic heterocycles. The minimum atomic E-state index is -0.655. The number of morpholine rings is 1. The molecule has 0 spiro atoms. The molecule has 0 aromatic heterocycles. The number of nitriles is 1. The van der Waals surface area contributed by atoms with Gasteiger partial charge in [-0.1, -0.05) is 11.6 Å². The molecule has 0 unspecified atom stereocenters. The van der Waals surface area contributed by atoms with Crippen molar-refractivity contribution in [3.8, 4) is 6.07 Å². The minimum absolute atomic E-state index is 0.0975. The molecule has 1 aliphatic rings. The first-order chi connectivity index (χ1) is 11.2. The van der Waals surface area contributed by atoms with Gasteiger partial charge in [0.25, 0.3) is 0 Å². The van der Waals surface area contributed by atoms with Crippen molar-refractivity contribution >= 4 is 28.9 Å². The average Bonchev–Trinajstić information content (AvgIpc) is 2.56. The number of rotatable bonds is 5. The molecule has 23 heavy (non-hydrogen) atoms. The summed E-state index contributed by atoms with van der Waals surface area (Å²) in [6, 6.07) is 7.29. The summed E-state index contributed by atoms with van der Waals surface area (Å²) in [6.45, 7) is 4.75. The van der Waals surface area contributed by atoms with E-state index in [1.165, 1.54) is 6.20 Å². The molecule has 2 rings (SSSR count). The lowest BCUT2D eigenvalue weighted by molar-refractivity contribution is -0.138. The fraction of sp³-hybridized carbons (Fsp3) is 0.375. The van der Waals surface area contributed by atoms with E-state index in [9.17, 15) is 4.79 Å². The standard InChI is InChI=1S/C16H18ClN3O3/c1-2-23-16(21)12(10-18)11-19-14-9-13(17)3-4-15(14)20-5-7-22-8-6-20/h3-4,9,11,19H,2,5-8H2,1H3/b12-11+. The Bertz CT molecular complexity index is 634. The summed E-state index contributed by atoms with van der Waals surface area (Å²) in [5, 5.41) is 12.6. The smallest absolute Gasteiger partial charge is 0.350 e. The van der Waals surface area contributed by atoms with E-state index in [1.807, 2.05) is 12.1 Å². The molecule has 122 valence electrons. The first-order valence-electron chi connectivity index (χ1n) is 7.32. The van der Waals surface area contributed by atoms with Gasteiger partial charge in [0.05, 0.1) is 31.2 Å². The number of benzene rings is 1. The zero-order valence-corrected chi connectivity index (χ0v) is 13.6. The molecule has 6 nitrogen and oxygen atoms in total. The van der Waals surface area contributed by atoms with Crippen molar-refractivity contribution in [2.24, 2.45) is 0 Å². The number of carbonyl (C=O) groups excluding carboxylic acids is 1. The van der Waals surface area contributed by atoms with Gasteiger partial charge >= 0.3 is 5.97 Å². The maximum atomic E-state index is 11.6. The Kier molecular flexibility index (Phi) is 6.27. The summed E-state index contributed by atoms with van der Waals surface area (Å²) in [4.78, 5) is 13.8. The highest BCUT2D eigenvalue weighted by Crippen LogP contribution is 2.30. The van der Waals surface area contributed by atoms with Gasteiger partial charge < -0.3 is 19.7 Å². The summed E-state index contributed by atoms with van der Waals surface area (Å²) in [7, 11) is 0. The third-order valence-corrected chi connectivity index (χ3v) is 3.53. The Morgan fingerprint density at radius 2 is 2.26 bits per heavy atom. The van der Waals surface area contributed by atoms with Crippen LogP contribution in [0.5, 0.6) is 0 Å². The zero-order chi connectivity index (χ0) is 16.7. The second-order valence-electron chi connectivity index (χ2n) is 4.80. The Labute approximate surface area is 140 Å². The van der Waals surface area contributed by atoms with Crippen LogP contribution in [0.15, 0.2) is 30.0 Å². The summed E-state index contributed by atoms with van der Waals surface area (Å²) >= 11 is 6.06. The van der Waals surface area contributed by atoms with Crippen LogP contribution in [0.25, 0.3) is 0 Å². The van der Waals surface area contributed by atoms with Crippen LogP contribution < -0.4 is 10.2 Å². The number of carbonyl (C=O) groups is 1. The lowest BCUT2D eigenvalue weighted by atomic mass is 10.2. The van der Waals surface area contributed by atoms with Gasteiger partial charge in [-0.2, -0.15) is 5.26 Å². The van der Waals surface area contributed by atoms with Crippen molar-refractivity contribution < 1.29 is 14.3 Å². The summed E-state index contributed by atoms with van der Waals surface area (Å²) in [6.07, 6.45) is 1.34. The van der Waals surface area contributed by atoms with Crippen molar-refractivity contribution in [3.05, 3.63) is 35.0 Å². The summed E-state index contributed by atoms with van der Waals surface area (Å²) in [5.41, 5.74) is 1.56. The van der Waals surface area contributed by atoms with Crippen LogP contribution in [0.1, 0.15) is 6.92 Å². The fourth-order valence-electron chi connectivity index (χ4n) is 2.20. The summed E-state index contributed by atoms with van der Waals surface area (Å²) in [5.74, 6) is -0.655. The van der Waals surface area contributed by atoms with Gasteiger partial charge in [-0.05, 0) is 25.1 Å². The molecule has 0 radical (unpaired) electrons. The van der Waals surface area contributed by atoms with E-state index >= 15 is 0 Å². The predicted octanol–water partition coefficient (Wildman–Crippen LogP) is 2.56. The van der Waals surface area contributed by atoms with Crippen molar-refractivity contribution in [2.45, 2.75) is 6.92 Å². The van der Waals surface area contributed by atoms with Gasteiger partial charge in [-0.25, -0.2) is 4.79 Å². The van der Waals surface area contributed by atoms with Gasteiger partial charge in [-0.15, -0.1) is 0 Å². The number of nitrogens with zero attached hydrogens (tertiary/aromatic N) is 2. The van der Waals surface area contributed by atoms with Crippen LogP contribution in [0.4, 0.5) is 11.4 Å². The van der Waals surface area contributed by atoms with Crippen LogP contribution in [0, 0.1) is 11.3 Å². The third-order valence-electron chi connectivity index (χ3n) is 3.30. The van der Waals surface area contributed by atoms with Crippen LogP contribution in [0.3, 0.4) is 0 Å². The van der Waals surface area contributed by atoms with E-state index in [2.05, 4.69) is 10.2 Å². The van der Waals surface area contributed by atoms with Gasteiger partial charge in [0.2, 0.25) is 0 Å². The molecule has 0 aliphatic carbocycles. The quantitative estimate of drug-likeness (QED) is 0.506. The number of hydrogen-bond acceptors (Lipinski definition) is 6. The molecule has 0 saturated carbocycles. The molecule has 1 aromatic rings. The average molecular weight is 336 g/mol. The second-order valence-corrected chi connectivity index (χ2v) is 5.23. The van der Waals surface area contributed by atoms with Crippen molar-refractivity contribution in [3.63, 3.8) is 0 Å². The van der Waals surface area contributed by atoms with Gasteiger partial charge in [0.1, 0.15) is 6.07 Å². The van der Waals surface area contributed by atoms with Gasteiger partial charge in [0, 0.05) is 24.3 Å². The molecule has 1 N–H and O–H groups in total. The first kappa shape index (κ1) is 17.1. The predicted molar refractivity (Wildman–Crippen MR) is 88.4 cm³/mol. The Hall–Kier alpha value is -2.23. The number of ether oxygens (including phenoxy) is 2. The van der Waals surface area contributed by atoms with Crippen molar-refractivity contribution in [1.29, 1.82) is 5.26 Å². The van der Waals surface area contributed by atoms with E-state index in [0.717, 1.165) is 24.5 Å². The SMILES string of the molecule is CCOC(=O)/C(C#N)=C/Nc1cc(Cl)ccc1N1CCOCC1. The number of esters is 1. The molecule has 1 fully saturated rings. The number of halogens is 1. The highest BCUT2D eigenvalue weighted by atomic mass is 35.5. The molecule has 1 heterocycles. The topological polar surface area (TPSA) is 74.6 Å². The molecule has 0 bridgehead atoms. The molecule has 7 heteroatoms. The monoisotopic (exact) mass is 335 g/mol. The lowest BCUT2D eigenvalue weighted by Crippen LogP contribution is -2.36. The maximum Gasteiger partial charge on any atom is 0.350 e. The Morgan fingerprint density at radius 3 is 2.91 bits per heavy atom. The zero-order valence-electron chi connectivity index (χ0n) is 12.8. The van der Waals surface area contributed by atoms with Gasteiger partial charge in [0.15, 0.2) is 5.57 Å². The van der Waals surface area contributed by atoms with Crippen LogP contribution in [0.2, 0.25) is 5.02 Å². The number of nitrogens with one attached hydrogen (secondary N) is 1. The van der Waals surface area contributed by atoms with E-state index in [-0.39, 0.29) is 12.2 Å². The van der Waals surface area contributed by atoms with E-state index in [1.54, 1.807) is 19.1 Å². The molecule has 0 amide bonds. The molecule has 1 saturated heterocycles. The largest absolute Gasteiger partial charge is 0.462 e. The highest BCUT2D eigenvalue weighted by molar-refractivity contribution is 6.31. The lowest BCUT2D eigenvalue weighted by Gasteiger charge is -2.30. The fourth-order valence-corrected chi connectivity index (χ4v) is 2.37. The van der Waals surface area contributed by atoms with E-state index < -0.39 is 5.97 Å². The highest BCUT2D eigenvalue weighted by Gasteiger charge is 2.15. The second kappa shape index (κ2) is 8.42. The summed E-state index contributed by atoms with van der Waals surface area (Å²) < 4.78 is 10.2.